The van der Waals surface area contributed by atoms with E-state index in [1.807, 2.05) is 13.8 Å². The highest BCUT2D eigenvalue weighted by Gasteiger charge is 2.19. The van der Waals surface area contributed by atoms with Crippen LogP contribution in [0, 0.1) is 16.7 Å². The first-order valence-electron chi connectivity index (χ1n) is 6.63. The Morgan fingerprint density at radius 1 is 1.38 bits per heavy atom. The zero-order valence-electron chi connectivity index (χ0n) is 12.0. The van der Waals surface area contributed by atoms with Gasteiger partial charge in [0.2, 0.25) is 0 Å². The van der Waals surface area contributed by atoms with E-state index >= 15 is 0 Å². The van der Waals surface area contributed by atoms with Crippen LogP contribution in [0.4, 0.5) is 0 Å². The van der Waals surface area contributed by atoms with Gasteiger partial charge in [0.1, 0.15) is 0 Å². The molecule has 0 aliphatic rings. The van der Waals surface area contributed by atoms with E-state index in [0.29, 0.717) is 23.9 Å². The highest BCUT2D eigenvalue weighted by Crippen LogP contribution is 2.22. The minimum Gasteiger partial charge on any atom is -0.478 e. The number of nitrogens with zero attached hydrogens (tertiary/aromatic N) is 2. The number of carboxylic acid groups (broad SMARTS) is 1. The fourth-order valence-corrected chi connectivity index (χ4v) is 2.19. The number of aryl methyl sites for hydroxylation is 1. The van der Waals surface area contributed by atoms with Crippen LogP contribution < -0.4 is 5.56 Å². The Labute approximate surface area is 122 Å². The van der Waals surface area contributed by atoms with Crippen LogP contribution in [0.2, 0.25) is 0 Å². The maximum absolute atomic E-state index is 12.2. The van der Waals surface area contributed by atoms with E-state index in [-0.39, 0.29) is 11.1 Å². The Bertz CT molecular complexity index is 797. The topological polar surface area (TPSA) is 83.1 Å². The summed E-state index contributed by atoms with van der Waals surface area (Å²) in [7, 11) is 0. The molecule has 0 aliphatic carbocycles. The van der Waals surface area contributed by atoms with Crippen molar-refractivity contribution in [1.29, 1.82) is 5.26 Å². The molecule has 0 amide bonds. The average molecular weight is 284 g/mol. The summed E-state index contributed by atoms with van der Waals surface area (Å²) in [5.74, 6) is -1.12. The monoisotopic (exact) mass is 284 g/mol. The van der Waals surface area contributed by atoms with Gasteiger partial charge in [-0.3, -0.25) is 4.79 Å². The molecule has 0 atom stereocenters. The van der Waals surface area contributed by atoms with Crippen LogP contribution in [-0.2, 0) is 6.54 Å². The molecule has 0 fully saturated rings. The first kappa shape index (κ1) is 14.8. The fraction of sp³-hybridized carbons (Fsp3) is 0.312. The Hall–Kier alpha value is -2.61. The molecule has 2 rings (SSSR count). The van der Waals surface area contributed by atoms with Crippen molar-refractivity contribution in [3.05, 3.63) is 46.2 Å². The van der Waals surface area contributed by atoms with E-state index in [9.17, 15) is 14.7 Å². The largest absolute Gasteiger partial charge is 0.478 e. The van der Waals surface area contributed by atoms with Crippen LogP contribution in [0.25, 0.3) is 10.9 Å². The summed E-state index contributed by atoms with van der Waals surface area (Å²) in [5.41, 5.74) is -0.311. The van der Waals surface area contributed by atoms with Crippen molar-refractivity contribution >= 4 is 16.9 Å². The maximum Gasteiger partial charge on any atom is 0.336 e. The van der Waals surface area contributed by atoms with Crippen molar-refractivity contribution in [3.8, 4) is 6.07 Å². The van der Waals surface area contributed by atoms with Gasteiger partial charge in [-0.15, -0.1) is 0 Å². The van der Waals surface area contributed by atoms with Crippen LogP contribution in [-0.4, -0.2) is 15.6 Å². The van der Waals surface area contributed by atoms with Crippen molar-refractivity contribution in [2.75, 3.05) is 0 Å². The van der Waals surface area contributed by atoms with Gasteiger partial charge in [-0.2, -0.15) is 5.26 Å². The summed E-state index contributed by atoms with van der Waals surface area (Å²) < 4.78 is 1.53. The van der Waals surface area contributed by atoms with Gasteiger partial charge in [0.15, 0.2) is 0 Å². The number of hydrogen-bond acceptors (Lipinski definition) is 3. The molecule has 21 heavy (non-hydrogen) atoms. The van der Waals surface area contributed by atoms with Crippen molar-refractivity contribution in [2.24, 2.45) is 5.41 Å². The van der Waals surface area contributed by atoms with Gasteiger partial charge in [0.25, 0.3) is 5.56 Å². The molecular weight excluding hydrogens is 268 g/mol. The molecule has 0 saturated carbocycles. The van der Waals surface area contributed by atoms with Gasteiger partial charge < -0.3 is 9.67 Å². The first-order valence-corrected chi connectivity index (χ1v) is 6.63. The van der Waals surface area contributed by atoms with E-state index in [4.69, 9.17) is 5.26 Å². The van der Waals surface area contributed by atoms with Crippen LogP contribution in [0.1, 0.15) is 30.6 Å². The smallest absolute Gasteiger partial charge is 0.336 e. The summed E-state index contributed by atoms with van der Waals surface area (Å²) in [6, 6.07) is 10.3. The number of para-hydroxylation sites is 1. The number of fused-ring (bicyclic) bond motifs is 1. The zero-order chi connectivity index (χ0) is 15.6. The molecule has 108 valence electrons. The van der Waals surface area contributed by atoms with Gasteiger partial charge in [-0.05, 0) is 26.3 Å². The van der Waals surface area contributed by atoms with E-state index in [1.165, 1.54) is 4.57 Å². The molecule has 0 saturated heterocycles. The Kier molecular flexibility index (Phi) is 3.81. The van der Waals surface area contributed by atoms with Crippen LogP contribution in [0.5, 0.6) is 0 Å². The van der Waals surface area contributed by atoms with Crippen LogP contribution in [0.15, 0.2) is 35.1 Å². The molecule has 0 unspecified atom stereocenters. The minimum absolute atomic E-state index is 0.00592. The van der Waals surface area contributed by atoms with Crippen molar-refractivity contribution < 1.29 is 9.90 Å². The number of rotatable bonds is 4. The molecule has 1 heterocycles. The quantitative estimate of drug-likeness (QED) is 0.935. The number of carboxylic acids is 1. The van der Waals surface area contributed by atoms with E-state index in [0.717, 1.165) is 6.07 Å². The zero-order valence-corrected chi connectivity index (χ0v) is 12.0. The normalized spacial score (nSPS) is 11.3. The highest BCUT2D eigenvalue weighted by molar-refractivity contribution is 6.02. The lowest BCUT2D eigenvalue weighted by Crippen LogP contribution is -2.24. The molecule has 5 heteroatoms. The first-order chi connectivity index (χ1) is 9.85. The van der Waals surface area contributed by atoms with Gasteiger partial charge in [0.05, 0.1) is 22.6 Å². The standard InChI is InChI=1S/C16H16N2O3/c1-16(2,10-17)7-8-18-13-6-4-3-5-11(13)12(15(20)21)9-14(18)19/h3-6,9H,7-8H2,1-2H3,(H,20,21). The molecular formula is C16H16N2O3. The van der Waals surface area contributed by atoms with Gasteiger partial charge in [-0.1, -0.05) is 18.2 Å². The molecule has 0 bridgehead atoms. The minimum atomic E-state index is -1.12. The van der Waals surface area contributed by atoms with Crippen molar-refractivity contribution in [1.82, 2.24) is 4.57 Å². The number of carbonyl (C=O) groups is 1. The van der Waals surface area contributed by atoms with Crippen molar-refractivity contribution in [3.63, 3.8) is 0 Å². The highest BCUT2D eigenvalue weighted by atomic mass is 16.4. The predicted octanol–water partition coefficient (Wildman–Crippen LogP) is 2.64. The molecule has 0 radical (unpaired) electrons. The second-order valence-corrected chi connectivity index (χ2v) is 5.62. The average Bonchev–Trinajstić information content (AvgIpc) is 2.45. The SMILES string of the molecule is CC(C)(C#N)CCn1c(=O)cc(C(=O)O)c2ccccc21. The fourth-order valence-electron chi connectivity index (χ4n) is 2.19. The Morgan fingerprint density at radius 3 is 2.67 bits per heavy atom. The van der Waals surface area contributed by atoms with Crippen LogP contribution >= 0.6 is 0 Å². The number of aromatic carboxylic acids is 1. The molecule has 5 nitrogen and oxygen atoms in total. The number of benzene rings is 1. The third-order valence-electron chi connectivity index (χ3n) is 3.51. The van der Waals surface area contributed by atoms with Crippen molar-refractivity contribution in [2.45, 2.75) is 26.8 Å². The summed E-state index contributed by atoms with van der Waals surface area (Å²) in [6.07, 6.45) is 0.514. The summed E-state index contributed by atoms with van der Waals surface area (Å²) in [4.78, 5) is 23.4. The van der Waals surface area contributed by atoms with E-state index < -0.39 is 11.4 Å². The lowest BCUT2D eigenvalue weighted by molar-refractivity contribution is 0.0698. The lowest BCUT2D eigenvalue weighted by Gasteiger charge is -2.17. The number of aromatic nitrogens is 1. The second-order valence-electron chi connectivity index (χ2n) is 5.62. The number of pyridine rings is 1. The summed E-state index contributed by atoms with van der Waals surface area (Å²) >= 11 is 0. The van der Waals surface area contributed by atoms with Gasteiger partial charge in [0, 0.05) is 18.0 Å². The van der Waals surface area contributed by atoms with E-state index in [1.54, 1.807) is 24.3 Å². The molecule has 1 aromatic heterocycles. The predicted molar refractivity (Wildman–Crippen MR) is 79.2 cm³/mol. The molecule has 1 N–H and O–H groups in total. The third-order valence-corrected chi connectivity index (χ3v) is 3.51. The number of hydrogen-bond donors (Lipinski definition) is 1. The summed E-state index contributed by atoms with van der Waals surface area (Å²) in [5, 5.41) is 18.8. The Balaban J connectivity index is 2.58. The maximum atomic E-state index is 12.2. The summed E-state index contributed by atoms with van der Waals surface area (Å²) in [6.45, 7) is 4.00. The lowest BCUT2D eigenvalue weighted by atomic mass is 9.91. The number of nitriles is 1. The Morgan fingerprint density at radius 2 is 2.05 bits per heavy atom. The molecule has 0 spiro atoms. The van der Waals surface area contributed by atoms with Gasteiger partial charge in [-0.25, -0.2) is 4.79 Å². The molecule has 2 aromatic rings. The van der Waals surface area contributed by atoms with E-state index in [2.05, 4.69) is 6.07 Å². The molecule has 0 aliphatic heterocycles. The third kappa shape index (κ3) is 2.95. The molecule has 1 aromatic carbocycles. The van der Waals surface area contributed by atoms with Gasteiger partial charge >= 0.3 is 5.97 Å². The second kappa shape index (κ2) is 5.41. The van der Waals surface area contributed by atoms with Crippen LogP contribution in [0.3, 0.4) is 0 Å².